The molecule has 1 aromatic rings. The van der Waals surface area contributed by atoms with Crippen LogP contribution in [-0.4, -0.2) is 56.6 Å². The van der Waals surface area contributed by atoms with E-state index in [1.807, 2.05) is 0 Å². The van der Waals surface area contributed by atoms with Gasteiger partial charge >= 0.3 is 0 Å². The lowest BCUT2D eigenvalue weighted by atomic mass is 10.1. The van der Waals surface area contributed by atoms with Gasteiger partial charge in [-0.3, -0.25) is 4.79 Å². The minimum Gasteiger partial charge on any atom is -0.377 e. The predicted octanol–water partition coefficient (Wildman–Crippen LogP) is 1.22. The minimum absolute atomic E-state index is 0.0299. The lowest BCUT2D eigenvalue weighted by molar-refractivity contribution is 0.0532. The van der Waals surface area contributed by atoms with Crippen LogP contribution in [0.4, 0.5) is 11.5 Å². The number of aromatic amines is 1. The summed E-state index contributed by atoms with van der Waals surface area (Å²) < 4.78 is 11.3. The molecule has 0 amide bonds. The van der Waals surface area contributed by atoms with Crippen LogP contribution in [0.2, 0.25) is 0 Å². The number of hydrogen-bond donors (Lipinski definition) is 1. The van der Waals surface area contributed by atoms with Gasteiger partial charge in [0, 0.05) is 37.5 Å². The maximum atomic E-state index is 12.2. The van der Waals surface area contributed by atoms with Gasteiger partial charge < -0.3 is 24.3 Å². The zero-order valence-corrected chi connectivity index (χ0v) is 13.7. The standard InChI is InChI=1S/C17H25N3O3/c1-12-10-19(4-7-23-12)14-8-16(18-17(21)9-14)20-5-6-22-11-15(20)13-2-3-13/h8-9,12-13,15H,2-7,10-11H2,1H3,(H,18,21). The quantitative estimate of drug-likeness (QED) is 0.908. The third kappa shape index (κ3) is 3.23. The lowest BCUT2D eigenvalue weighted by Crippen LogP contribution is -2.48. The number of nitrogens with one attached hydrogen (secondary N) is 1. The zero-order valence-electron chi connectivity index (χ0n) is 13.7. The molecule has 126 valence electrons. The van der Waals surface area contributed by atoms with E-state index >= 15 is 0 Å². The normalized spacial score (nSPS) is 28.9. The highest BCUT2D eigenvalue weighted by atomic mass is 16.5. The lowest BCUT2D eigenvalue weighted by Gasteiger charge is -2.38. The number of hydrogen-bond acceptors (Lipinski definition) is 5. The van der Waals surface area contributed by atoms with Crippen molar-refractivity contribution in [3.05, 3.63) is 22.5 Å². The summed E-state index contributed by atoms with van der Waals surface area (Å²) in [6.45, 7) is 6.80. The van der Waals surface area contributed by atoms with E-state index < -0.39 is 0 Å². The molecule has 0 spiro atoms. The first-order valence-corrected chi connectivity index (χ1v) is 8.66. The van der Waals surface area contributed by atoms with E-state index in [0.717, 1.165) is 44.4 Å². The molecule has 4 rings (SSSR count). The summed E-state index contributed by atoms with van der Waals surface area (Å²) in [4.78, 5) is 19.8. The highest BCUT2D eigenvalue weighted by molar-refractivity contribution is 5.56. The fourth-order valence-electron chi connectivity index (χ4n) is 3.70. The van der Waals surface area contributed by atoms with Gasteiger partial charge in [0.1, 0.15) is 5.82 Å². The van der Waals surface area contributed by atoms with Crippen LogP contribution in [0.15, 0.2) is 16.9 Å². The number of anilines is 2. The van der Waals surface area contributed by atoms with Crippen LogP contribution in [0.5, 0.6) is 0 Å². The molecule has 2 unspecified atom stereocenters. The van der Waals surface area contributed by atoms with Crippen LogP contribution < -0.4 is 15.4 Å². The van der Waals surface area contributed by atoms with Crippen LogP contribution in [0.25, 0.3) is 0 Å². The molecule has 3 heterocycles. The summed E-state index contributed by atoms with van der Waals surface area (Å²) in [5.74, 6) is 1.65. The monoisotopic (exact) mass is 319 g/mol. The number of rotatable bonds is 3. The Balaban J connectivity index is 1.61. The van der Waals surface area contributed by atoms with E-state index in [1.54, 1.807) is 6.07 Å². The zero-order chi connectivity index (χ0) is 15.8. The predicted molar refractivity (Wildman–Crippen MR) is 89.4 cm³/mol. The van der Waals surface area contributed by atoms with Gasteiger partial charge in [-0.25, -0.2) is 0 Å². The molecule has 3 aliphatic rings. The highest BCUT2D eigenvalue weighted by Crippen LogP contribution is 2.38. The Bertz CT molecular complexity index is 613. The van der Waals surface area contributed by atoms with Crippen LogP contribution >= 0.6 is 0 Å². The summed E-state index contributed by atoms with van der Waals surface area (Å²) in [6.07, 6.45) is 2.75. The first kappa shape index (κ1) is 15.0. The van der Waals surface area contributed by atoms with Gasteiger partial charge in [0.2, 0.25) is 0 Å². The van der Waals surface area contributed by atoms with Crippen molar-refractivity contribution in [1.29, 1.82) is 0 Å². The summed E-state index contributed by atoms with van der Waals surface area (Å²) >= 11 is 0. The van der Waals surface area contributed by atoms with Gasteiger partial charge in [-0.05, 0) is 25.7 Å². The molecule has 2 aliphatic heterocycles. The molecule has 2 atom stereocenters. The molecule has 0 aromatic carbocycles. The molecule has 0 bridgehead atoms. The van der Waals surface area contributed by atoms with Crippen molar-refractivity contribution in [3.63, 3.8) is 0 Å². The Hall–Kier alpha value is -1.53. The number of nitrogens with zero attached hydrogens (tertiary/aromatic N) is 2. The summed E-state index contributed by atoms with van der Waals surface area (Å²) in [5, 5.41) is 0. The number of H-pyrrole nitrogens is 1. The van der Waals surface area contributed by atoms with Crippen molar-refractivity contribution in [2.45, 2.75) is 31.9 Å². The molecular weight excluding hydrogens is 294 g/mol. The van der Waals surface area contributed by atoms with Crippen LogP contribution in [-0.2, 0) is 9.47 Å². The molecule has 23 heavy (non-hydrogen) atoms. The highest BCUT2D eigenvalue weighted by Gasteiger charge is 2.37. The Labute approximate surface area is 136 Å². The molecule has 1 N–H and O–H groups in total. The minimum atomic E-state index is -0.0299. The second-order valence-electron chi connectivity index (χ2n) is 6.89. The third-order valence-corrected chi connectivity index (χ3v) is 5.06. The van der Waals surface area contributed by atoms with Crippen molar-refractivity contribution in [2.75, 3.05) is 49.3 Å². The molecule has 6 heteroatoms. The molecular formula is C17H25N3O3. The van der Waals surface area contributed by atoms with Crippen molar-refractivity contribution in [1.82, 2.24) is 4.98 Å². The Morgan fingerprint density at radius 2 is 2.09 bits per heavy atom. The van der Waals surface area contributed by atoms with Crippen LogP contribution in [0.3, 0.4) is 0 Å². The molecule has 1 aromatic heterocycles. The second kappa shape index (κ2) is 6.17. The number of pyridine rings is 1. The Morgan fingerprint density at radius 3 is 2.87 bits per heavy atom. The summed E-state index contributed by atoms with van der Waals surface area (Å²) in [5.41, 5.74) is 0.970. The van der Waals surface area contributed by atoms with Gasteiger partial charge in [0.25, 0.3) is 5.56 Å². The first-order chi connectivity index (χ1) is 11.2. The molecule has 0 radical (unpaired) electrons. The van der Waals surface area contributed by atoms with Crippen molar-refractivity contribution in [3.8, 4) is 0 Å². The fraction of sp³-hybridized carbons (Fsp3) is 0.706. The molecule has 1 saturated carbocycles. The fourth-order valence-corrected chi connectivity index (χ4v) is 3.70. The van der Waals surface area contributed by atoms with Gasteiger partial charge in [0.05, 0.1) is 32.0 Å². The van der Waals surface area contributed by atoms with Gasteiger partial charge in [-0.2, -0.15) is 0 Å². The smallest absolute Gasteiger partial charge is 0.251 e. The molecule has 6 nitrogen and oxygen atoms in total. The summed E-state index contributed by atoms with van der Waals surface area (Å²) in [6, 6.07) is 4.23. The van der Waals surface area contributed by atoms with E-state index in [1.165, 1.54) is 12.8 Å². The van der Waals surface area contributed by atoms with Crippen molar-refractivity contribution >= 4 is 11.5 Å². The molecule has 2 saturated heterocycles. The number of aromatic nitrogens is 1. The summed E-state index contributed by atoms with van der Waals surface area (Å²) in [7, 11) is 0. The SMILES string of the molecule is CC1CN(c2cc(N3CCOCC3C3CC3)[nH]c(=O)c2)CCO1. The molecule has 3 fully saturated rings. The van der Waals surface area contributed by atoms with E-state index in [-0.39, 0.29) is 11.7 Å². The maximum Gasteiger partial charge on any atom is 0.251 e. The van der Waals surface area contributed by atoms with E-state index in [9.17, 15) is 4.79 Å². The molecule has 1 aliphatic carbocycles. The van der Waals surface area contributed by atoms with E-state index in [0.29, 0.717) is 18.6 Å². The second-order valence-corrected chi connectivity index (χ2v) is 6.89. The maximum absolute atomic E-state index is 12.2. The van der Waals surface area contributed by atoms with Gasteiger partial charge in [0.15, 0.2) is 0 Å². The van der Waals surface area contributed by atoms with E-state index in [2.05, 4.69) is 27.8 Å². The largest absolute Gasteiger partial charge is 0.377 e. The third-order valence-electron chi connectivity index (χ3n) is 5.06. The van der Waals surface area contributed by atoms with Crippen LogP contribution in [0, 0.1) is 5.92 Å². The first-order valence-electron chi connectivity index (χ1n) is 8.66. The van der Waals surface area contributed by atoms with E-state index in [4.69, 9.17) is 9.47 Å². The van der Waals surface area contributed by atoms with Crippen molar-refractivity contribution in [2.24, 2.45) is 5.92 Å². The van der Waals surface area contributed by atoms with Gasteiger partial charge in [-0.15, -0.1) is 0 Å². The number of ether oxygens (including phenoxy) is 2. The van der Waals surface area contributed by atoms with Gasteiger partial charge in [-0.1, -0.05) is 0 Å². The Kier molecular flexibility index (Phi) is 4.03. The average Bonchev–Trinajstić information content (AvgIpc) is 3.39. The topological polar surface area (TPSA) is 57.8 Å². The van der Waals surface area contributed by atoms with Crippen molar-refractivity contribution < 1.29 is 9.47 Å². The Morgan fingerprint density at radius 1 is 1.22 bits per heavy atom. The number of morpholine rings is 2. The average molecular weight is 319 g/mol. The van der Waals surface area contributed by atoms with Crippen LogP contribution in [0.1, 0.15) is 19.8 Å².